The maximum atomic E-state index is 9.66. The number of nitrogens with two attached hydrogens (primary N) is 1. The van der Waals surface area contributed by atoms with Crippen LogP contribution in [-0.4, -0.2) is 5.11 Å². The molecule has 0 aliphatic heterocycles. The summed E-state index contributed by atoms with van der Waals surface area (Å²) in [5.41, 5.74) is 6.86. The van der Waals surface area contributed by atoms with E-state index >= 15 is 0 Å². The SMILES string of the molecule is NC1(c2ccccc2O)CCCC1. The van der Waals surface area contributed by atoms with Gasteiger partial charge in [0.15, 0.2) is 0 Å². The van der Waals surface area contributed by atoms with Gasteiger partial charge in [0.25, 0.3) is 0 Å². The third-order valence-corrected chi connectivity index (χ3v) is 2.94. The van der Waals surface area contributed by atoms with Crippen molar-refractivity contribution in [2.75, 3.05) is 0 Å². The topological polar surface area (TPSA) is 46.2 Å². The number of aromatic hydroxyl groups is 1. The maximum absolute atomic E-state index is 9.66. The zero-order valence-corrected chi connectivity index (χ0v) is 7.66. The van der Waals surface area contributed by atoms with Crippen LogP contribution in [0.1, 0.15) is 31.2 Å². The van der Waals surface area contributed by atoms with Gasteiger partial charge in [-0.05, 0) is 18.9 Å². The van der Waals surface area contributed by atoms with Crippen LogP contribution in [0.15, 0.2) is 24.3 Å². The summed E-state index contributed by atoms with van der Waals surface area (Å²) >= 11 is 0. The fourth-order valence-electron chi connectivity index (χ4n) is 2.17. The maximum Gasteiger partial charge on any atom is 0.120 e. The Morgan fingerprint density at radius 2 is 1.77 bits per heavy atom. The molecule has 2 heteroatoms. The highest BCUT2D eigenvalue weighted by Crippen LogP contribution is 2.39. The molecule has 0 atom stereocenters. The van der Waals surface area contributed by atoms with Gasteiger partial charge in [-0.15, -0.1) is 0 Å². The number of phenols is 1. The van der Waals surface area contributed by atoms with Gasteiger partial charge in [0.05, 0.1) is 0 Å². The molecule has 0 spiro atoms. The first-order valence-electron chi connectivity index (χ1n) is 4.80. The first-order valence-corrected chi connectivity index (χ1v) is 4.80. The van der Waals surface area contributed by atoms with Gasteiger partial charge in [-0.2, -0.15) is 0 Å². The van der Waals surface area contributed by atoms with E-state index in [4.69, 9.17) is 5.73 Å². The molecule has 1 saturated carbocycles. The van der Waals surface area contributed by atoms with Crippen molar-refractivity contribution < 1.29 is 5.11 Å². The molecular weight excluding hydrogens is 162 g/mol. The Hall–Kier alpha value is -1.02. The molecular formula is C11H15NO. The standard InChI is InChI=1S/C11H15NO/c12-11(7-3-4-8-11)9-5-1-2-6-10(9)13/h1-2,5-6,13H,3-4,7-8,12H2. The van der Waals surface area contributed by atoms with Crippen LogP contribution >= 0.6 is 0 Å². The van der Waals surface area contributed by atoms with E-state index in [1.54, 1.807) is 6.07 Å². The van der Waals surface area contributed by atoms with Crippen LogP contribution in [0.3, 0.4) is 0 Å². The normalized spacial score (nSPS) is 20.4. The summed E-state index contributed by atoms with van der Waals surface area (Å²) in [6.07, 6.45) is 4.32. The number of hydrogen-bond donors (Lipinski definition) is 2. The fraction of sp³-hybridized carbons (Fsp3) is 0.455. The summed E-state index contributed by atoms with van der Waals surface area (Å²) < 4.78 is 0. The Kier molecular flexibility index (Phi) is 2.00. The minimum atomic E-state index is -0.272. The highest BCUT2D eigenvalue weighted by Gasteiger charge is 2.32. The average molecular weight is 177 g/mol. The number of para-hydroxylation sites is 1. The molecule has 1 aromatic carbocycles. The molecule has 0 bridgehead atoms. The van der Waals surface area contributed by atoms with E-state index in [1.165, 1.54) is 12.8 Å². The zero-order chi connectivity index (χ0) is 9.31. The third-order valence-electron chi connectivity index (χ3n) is 2.94. The predicted octanol–water partition coefficient (Wildman–Crippen LogP) is 2.12. The molecule has 70 valence electrons. The zero-order valence-electron chi connectivity index (χ0n) is 7.66. The molecule has 1 fully saturated rings. The lowest BCUT2D eigenvalue weighted by Crippen LogP contribution is -2.32. The molecule has 2 nitrogen and oxygen atoms in total. The predicted molar refractivity (Wildman–Crippen MR) is 52.4 cm³/mol. The van der Waals surface area contributed by atoms with Crippen LogP contribution in [0.4, 0.5) is 0 Å². The second-order valence-corrected chi connectivity index (χ2v) is 3.88. The van der Waals surface area contributed by atoms with Gasteiger partial charge in [-0.3, -0.25) is 0 Å². The summed E-state index contributed by atoms with van der Waals surface area (Å²) in [7, 11) is 0. The van der Waals surface area contributed by atoms with Crippen LogP contribution in [0.25, 0.3) is 0 Å². The average Bonchev–Trinajstić information content (AvgIpc) is 2.54. The Balaban J connectivity index is 2.39. The van der Waals surface area contributed by atoms with Crippen molar-refractivity contribution in [3.8, 4) is 5.75 Å². The lowest BCUT2D eigenvalue weighted by Gasteiger charge is -2.24. The van der Waals surface area contributed by atoms with Crippen molar-refractivity contribution in [1.29, 1.82) is 0 Å². The van der Waals surface area contributed by atoms with Gasteiger partial charge in [0.1, 0.15) is 5.75 Å². The van der Waals surface area contributed by atoms with Crippen molar-refractivity contribution in [1.82, 2.24) is 0 Å². The first-order chi connectivity index (χ1) is 6.22. The van der Waals surface area contributed by atoms with E-state index in [-0.39, 0.29) is 5.54 Å². The third kappa shape index (κ3) is 1.42. The van der Waals surface area contributed by atoms with Gasteiger partial charge in [0.2, 0.25) is 0 Å². The summed E-state index contributed by atoms with van der Waals surface area (Å²) in [5, 5.41) is 9.66. The minimum Gasteiger partial charge on any atom is -0.508 e. The molecule has 2 rings (SSSR count). The van der Waals surface area contributed by atoms with Crippen LogP contribution in [0.2, 0.25) is 0 Å². The largest absolute Gasteiger partial charge is 0.508 e. The Morgan fingerprint density at radius 1 is 1.15 bits per heavy atom. The summed E-state index contributed by atoms with van der Waals surface area (Å²) in [5.74, 6) is 0.340. The Labute approximate surface area is 78.4 Å². The Bertz CT molecular complexity index is 303. The second kappa shape index (κ2) is 3.04. The smallest absolute Gasteiger partial charge is 0.120 e. The van der Waals surface area contributed by atoms with Crippen molar-refractivity contribution in [3.05, 3.63) is 29.8 Å². The number of phenolic OH excluding ortho intramolecular Hbond substituents is 1. The number of rotatable bonds is 1. The molecule has 0 aromatic heterocycles. The molecule has 1 aliphatic carbocycles. The van der Waals surface area contributed by atoms with E-state index < -0.39 is 0 Å². The van der Waals surface area contributed by atoms with Crippen molar-refractivity contribution >= 4 is 0 Å². The van der Waals surface area contributed by atoms with E-state index in [9.17, 15) is 5.11 Å². The van der Waals surface area contributed by atoms with Gasteiger partial charge < -0.3 is 10.8 Å². The minimum absolute atomic E-state index is 0.272. The lowest BCUT2D eigenvalue weighted by atomic mass is 9.89. The van der Waals surface area contributed by atoms with E-state index in [0.717, 1.165) is 18.4 Å². The Morgan fingerprint density at radius 3 is 2.38 bits per heavy atom. The molecule has 0 radical (unpaired) electrons. The van der Waals surface area contributed by atoms with Crippen molar-refractivity contribution in [2.45, 2.75) is 31.2 Å². The molecule has 13 heavy (non-hydrogen) atoms. The second-order valence-electron chi connectivity index (χ2n) is 3.88. The van der Waals surface area contributed by atoms with Gasteiger partial charge in [-0.1, -0.05) is 31.0 Å². The lowest BCUT2D eigenvalue weighted by molar-refractivity contribution is 0.409. The first kappa shape index (κ1) is 8.57. The van der Waals surface area contributed by atoms with E-state index in [1.807, 2.05) is 18.2 Å². The summed E-state index contributed by atoms with van der Waals surface area (Å²) in [4.78, 5) is 0. The fourth-order valence-corrected chi connectivity index (χ4v) is 2.17. The van der Waals surface area contributed by atoms with Crippen LogP contribution < -0.4 is 5.73 Å². The van der Waals surface area contributed by atoms with E-state index in [0.29, 0.717) is 5.75 Å². The van der Waals surface area contributed by atoms with Crippen LogP contribution in [0, 0.1) is 0 Å². The van der Waals surface area contributed by atoms with Crippen molar-refractivity contribution in [2.24, 2.45) is 5.73 Å². The van der Waals surface area contributed by atoms with E-state index in [2.05, 4.69) is 0 Å². The summed E-state index contributed by atoms with van der Waals surface area (Å²) in [6, 6.07) is 7.40. The van der Waals surface area contributed by atoms with Crippen LogP contribution in [-0.2, 0) is 5.54 Å². The number of hydrogen-bond acceptors (Lipinski definition) is 2. The van der Waals surface area contributed by atoms with Crippen molar-refractivity contribution in [3.63, 3.8) is 0 Å². The van der Waals surface area contributed by atoms with Crippen LogP contribution in [0.5, 0.6) is 5.75 Å². The highest BCUT2D eigenvalue weighted by atomic mass is 16.3. The number of benzene rings is 1. The molecule has 1 aliphatic rings. The molecule has 1 aromatic rings. The van der Waals surface area contributed by atoms with Gasteiger partial charge in [0, 0.05) is 11.1 Å². The molecule has 0 unspecified atom stereocenters. The molecule has 0 heterocycles. The molecule has 0 saturated heterocycles. The highest BCUT2D eigenvalue weighted by molar-refractivity contribution is 5.38. The quantitative estimate of drug-likeness (QED) is 0.690. The molecule has 3 N–H and O–H groups in total. The summed E-state index contributed by atoms with van der Waals surface area (Å²) in [6.45, 7) is 0. The monoisotopic (exact) mass is 177 g/mol. The van der Waals surface area contributed by atoms with Gasteiger partial charge >= 0.3 is 0 Å². The molecule has 0 amide bonds. The van der Waals surface area contributed by atoms with Gasteiger partial charge in [-0.25, -0.2) is 0 Å².